The lowest BCUT2D eigenvalue weighted by Gasteiger charge is -2.14. The molecule has 0 unspecified atom stereocenters. The van der Waals surface area contributed by atoms with Crippen LogP contribution in [0.15, 0.2) is 78.9 Å². The molecule has 1 N–H and O–H groups in total. The van der Waals surface area contributed by atoms with Crippen LogP contribution in [0.3, 0.4) is 0 Å². The van der Waals surface area contributed by atoms with Crippen LogP contribution in [0.2, 0.25) is 0 Å². The van der Waals surface area contributed by atoms with Crippen molar-refractivity contribution in [3.63, 3.8) is 0 Å². The minimum Gasteiger partial charge on any atom is -0.507 e. The zero-order valence-electron chi connectivity index (χ0n) is 19.2. The summed E-state index contributed by atoms with van der Waals surface area (Å²) in [4.78, 5) is 8.95. The molecule has 166 valence electrons. The van der Waals surface area contributed by atoms with Crippen molar-refractivity contribution in [2.45, 2.75) is 26.7 Å². The van der Waals surface area contributed by atoms with Crippen LogP contribution in [-0.4, -0.2) is 19.9 Å². The number of rotatable bonds is 5. The second kappa shape index (κ2) is 8.84. The average molecular weight is 445 g/mol. The highest BCUT2D eigenvalue weighted by Crippen LogP contribution is 2.46. The summed E-state index contributed by atoms with van der Waals surface area (Å²) in [6, 6.07) is 25.2. The largest absolute Gasteiger partial charge is 0.507 e. The van der Waals surface area contributed by atoms with Crippen LogP contribution in [0.1, 0.15) is 24.6 Å². The topological polar surface area (TPSA) is 55.3 Å². The summed E-state index contributed by atoms with van der Waals surface area (Å²) in [6.45, 7) is 12.2. The Hall–Kier alpha value is -4.43. The molecule has 0 saturated carbocycles. The molecular weight excluding hydrogens is 420 g/mol. The first-order chi connectivity index (χ1) is 16.6. The van der Waals surface area contributed by atoms with E-state index >= 15 is 0 Å². The molecule has 0 aliphatic heterocycles. The standard InChI is InChI=1S/C29H24N4O/c1-4-10-20-15-17-21(18-16-20)27-28(30-3)26(23-13-8-9-14-24(23)34)25-19(2)32-33(29(25)31-27)22-11-6-5-7-12-22/h5-9,11-18,34H,4,10H2,1-2H3. The fourth-order valence-corrected chi connectivity index (χ4v) is 4.43. The van der Waals surface area contributed by atoms with Gasteiger partial charge in [-0.2, -0.15) is 5.10 Å². The number of aromatic hydroxyl groups is 1. The monoisotopic (exact) mass is 444 g/mol. The summed E-state index contributed by atoms with van der Waals surface area (Å²) < 4.78 is 1.82. The van der Waals surface area contributed by atoms with Crippen LogP contribution in [0.4, 0.5) is 5.69 Å². The second-order valence-corrected chi connectivity index (χ2v) is 8.29. The zero-order valence-corrected chi connectivity index (χ0v) is 19.2. The van der Waals surface area contributed by atoms with E-state index in [0.29, 0.717) is 28.2 Å². The number of aromatic nitrogens is 3. The number of phenols is 1. The van der Waals surface area contributed by atoms with Gasteiger partial charge in [-0.15, -0.1) is 0 Å². The lowest BCUT2D eigenvalue weighted by molar-refractivity contribution is 0.477. The second-order valence-electron chi connectivity index (χ2n) is 8.29. The molecule has 0 spiro atoms. The van der Waals surface area contributed by atoms with Crippen LogP contribution >= 0.6 is 0 Å². The van der Waals surface area contributed by atoms with Gasteiger partial charge in [0.05, 0.1) is 23.6 Å². The van der Waals surface area contributed by atoms with Crippen molar-refractivity contribution in [3.05, 3.63) is 102 Å². The molecule has 0 aliphatic rings. The molecule has 0 bridgehead atoms. The molecule has 0 atom stereocenters. The van der Waals surface area contributed by atoms with Gasteiger partial charge in [0.15, 0.2) is 5.65 Å². The van der Waals surface area contributed by atoms with E-state index in [1.807, 2.05) is 66.2 Å². The molecular formula is C29H24N4O. The Bertz CT molecular complexity index is 1530. The van der Waals surface area contributed by atoms with Gasteiger partial charge in [0.25, 0.3) is 0 Å². The number of aryl methyl sites for hydroxylation is 2. The molecule has 5 heteroatoms. The van der Waals surface area contributed by atoms with Crippen LogP contribution < -0.4 is 0 Å². The lowest BCUT2D eigenvalue weighted by Crippen LogP contribution is -1.99. The first kappa shape index (κ1) is 21.4. The van der Waals surface area contributed by atoms with Gasteiger partial charge < -0.3 is 5.11 Å². The maximum absolute atomic E-state index is 10.8. The van der Waals surface area contributed by atoms with E-state index in [1.54, 1.807) is 12.1 Å². The van der Waals surface area contributed by atoms with Gasteiger partial charge in [0.2, 0.25) is 5.69 Å². The number of nitrogens with zero attached hydrogens (tertiary/aromatic N) is 4. The molecule has 5 aromatic rings. The van der Waals surface area contributed by atoms with Crippen molar-refractivity contribution in [1.29, 1.82) is 0 Å². The summed E-state index contributed by atoms with van der Waals surface area (Å²) in [6.07, 6.45) is 2.08. The number of benzene rings is 3. The smallest absolute Gasteiger partial charge is 0.221 e. The van der Waals surface area contributed by atoms with E-state index in [2.05, 4.69) is 23.9 Å². The van der Waals surface area contributed by atoms with Crippen molar-refractivity contribution < 1.29 is 5.11 Å². The Kier molecular flexibility index (Phi) is 5.57. The average Bonchev–Trinajstić information content (AvgIpc) is 3.20. The maximum Gasteiger partial charge on any atom is 0.221 e. The number of hydrogen-bond donors (Lipinski definition) is 1. The third-order valence-electron chi connectivity index (χ3n) is 6.02. The molecule has 34 heavy (non-hydrogen) atoms. The van der Waals surface area contributed by atoms with Crippen molar-refractivity contribution in [2.24, 2.45) is 0 Å². The van der Waals surface area contributed by atoms with Gasteiger partial charge in [-0.1, -0.05) is 74.0 Å². The predicted molar refractivity (Wildman–Crippen MR) is 136 cm³/mol. The van der Waals surface area contributed by atoms with Crippen molar-refractivity contribution in [3.8, 4) is 33.8 Å². The highest BCUT2D eigenvalue weighted by molar-refractivity contribution is 6.07. The number of para-hydroxylation sites is 2. The first-order valence-electron chi connectivity index (χ1n) is 11.4. The Morgan fingerprint density at radius 2 is 1.65 bits per heavy atom. The molecule has 2 aromatic heterocycles. The molecule has 0 radical (unpaired) electrons. The molecule has 0 fully saturated rings. The van der Waals surface area contributed by atoms with Gasteiger partial charge in [-0.25, -0.2) is 14.5 Å². The summed E-state index contributed by atoms with van der Waals surface area (Å²) in [5.41, 5.74) is 6.66. The predicted octanol–water partition coefficient (Wildman–Crippen LogP) is 7.27. The summed E-state index contributed by atoms with van der Waals surface area (Å²) in [5.74, 6) is 0.121. The Balaban J connectivity index is 1.89. The Morgan fingerprint density at radius 3 is 2.32 bits per heavy atom. The molecule has 0 amide bonds. The van der Waals surface area contributed by atoms with E-state index in [-0.39, 0.29) is 5.75 Å². The minimum absolute atomic E-state index is 0.121. The minimum atomic E-state index is 0.121. The van der Waals surface area contributed by atoms with Crippen LogP contribution in [-0.2, 0) is 6.42 Å². The molecule has 5 rings (SSSR count). The van der Waals surface area contributed by atoms with E-state index in [9.17, 15) is 5.11 Å². The number of phenolic OH excluding ortho intramolecular Hbond substituents is 1. The van der Waals surface area contributed by atoms with Crippen molar-refractivity contribution >= 4 is 16.7 Å². The van der Waals surface area contributed by atoms with Gasteiger partial charge in [-0.3, -0.25) is 0 Å². The third-order valence-corrected chi connectivity index (χ3v) is 6.02. The number of pyridine rings is 1. The van der Waals surface area contributed by atoms with E-state index in [4.69, 9.17) is 16.7 Å². The molecule has 0 aliphatic carbocycles. The number of fused-ring (bicyclic) bond motifs is 1. The third kappa shape index (κ3) is 3.60. The van der Waals surface area contributed by atoms with Crippen molar-refractivity contribution in [1.82, 2.24) is 14.8 Å². The summed E-state index contributed by atoms with van der Waals surface area (Å²) in [5, 5.41) is 16.3. The fraction of sp³-hybridized carbons (Fsp3) is 0.138. The van der Waals surface area contributed by atoms with Gasteiger partial charge >= 0.3 is 0 Å². The Morgan fingerprint density at radius 1 is 0.941 bits per heavy atom. The number of hydrogen-bond acceptors (Lipinski definition) is 3. The summed E-state index contributed by atoms with van der Waals surface area (Å²) in [7, 11) is 0. The molecule has 2 heterocycles. The highest BCUT2D eigenvalue weighted by Gasteiger charge is 2.24. The molecule has 3 aromatic carbocycles. The summed E-state index contributed by atoms with van der Waals surface area (Å²) >= 11 is 0. The van der Waals surface area contributed by atoms with E-state index in [0.717, 1.165) is 35.2 Å². The highest BCUT2D eigenvalue weighted by atomic mass is 16.3. The van der Waals surface area contributed by atoms with Crippen molar-refractivity contribution in [2.75, 3.05) is 0 Å². The zero-order chi connectivity index (χ0) is 23.7. The molecule has 5 nitrogen and oxygen atoms in total. The first-order valence-corrected chi connectivity index (χ1v) is 11.4. The maximum atomic E-state index is 10.8. The van der Waals surface area contributed by atoms with Crippen LogP contribution in [0, 0.1) is 13.5 Å². The van der Waals surface area contributed by atoms with Gasteiger partial charge in [0.1, 0.15) is 5.75 Å². The lowest BCUT2D eigenvalue weighted by atomic mass is 9.95. The van der Waals surface area contributed by atoms with Gasteiger partial charge in [-0.05, 0) is 42.7 Å². The fourth-order valence-electron chi connectivity index (χ4n) is 4.43. The SMILES string of the molecule is [C-]#[N+]c1c(-c2ccc(CCC)cc2)nc2c(c(C)nn2-c2ccccc2)c1-c1ccccc1O. The normalized spacial score (nSPS) is 11.0. The Labute approximate surface area is 198 Å². The van der Waals surface area contributed by atoms with E-state index in [1.165, 1.54) is 5.56 Å². The van der Waals surface area contributed by atoms with Crippen LogP contribution in [0.5, 0.6) is 5.75 Å². The molecule has 0 saturated heterocycles. The van der Waals surface area contributed by atoms with E-state index < -0.39 is 0 Å². The quantitative estimate of drug-likeness (QED) is 0.290. The van der Waals surface area contributed by atoms with Crippen LogP contribution in [0.25, 0.3) is 44.0 Å². The van der Waals surface area contributed by atoms with Gasteiger partial charge in [0, 0.05) is 16.5 Å².